The quantitative estimate of drug-likeness (QED) is 0.586. The maximum Gasteiger partial charge on any atom is 0.262 e. The SMILES string of the molecule is Cc1cc2cc3ccc(=O)[nH]n3c2nn1. The van der Waals surface area contributed by atoms with Gasteiger partial charge in [-0.3, -0.25) is 9.89 Å². The Bertz CT molecular complexity index is 710. The zero-order valence-corrected chi connectivity index (χ0v) is 8.06. The molecule has 74 valence electrons. The predicted octanol–water partition coefficient (Wildman–Crippen LogP) is 0.879. The largest absolute Gasteiger partial charge is 0.268 e. The number of H-pyrrole nitrogens is 1. The molecule has 0 unspecified atom stereocenters. The number of fused-ring (bicyclic) bond motifs is 3. The molecular formula is C10H8N4O. The number of rotatable bonds is 0. The molecule has 3 rings (SSSR count). The van der Waals surface area contributed by atoms with Gasteiger partial charge < -0.3 is 0 Å². The Morgan fingerprint density at radius 1 is 1.27 bits per heavy atom. The lowest BCUT2D eigenvalue weighted by molar-refractivity contribution is 0.897. The van der Waals surface area contributed by atoms with Crippen molar-refractivity contribution in [2.75, 3.05) is 0 Å². The maximum atomic E-state index is 11.2. The summed E-state index contributed by atoms with van der Waals surface area (Å²) in [7, 11) is 0. The van der Waals surface area contributed by atoms with Crippen molar-refractivity contribution in [2.45, 2.75) is 6.92 Å². The molecule has 3 aromatic rings. The van der Waals surface area contributed by atoms with E-state index in [1.807, 2.05) is 19.1 Å². The smallest absolute Gasteiger partial charge is 0.262 e. The van der Waals surface area contributed by atoms with E-state index in [1.54, 1.807) is 10.6 Å². The number of aromatic nitrogens is 4. The van der Waals surface area contributed by atoms with E-state index in [9.17, 15) is 4.79 Å². The highest BCUT2D eigenvalue weighted by molar-refractivity contribution is 5.83. The first-order valence-electron chi connectivity index (χ1n) is 4.59. The van der Waals surface area contributed by atoms with Crippen molar-refractivity contribution in [1.82, 2.24) is 19.8 Å². The molecule has 5 nitrogen and oxygen atoms in total. The van der Waals surface area contributed by atoms with Crippen molar-refractivity contribution in [2.24, 2.45) is 0 Å². The molecular weight excluding hydrogens is 192 g/mol. The Labute approximate surface area is 84.4 Å². The highest BCUT2D eigenvalue weighted by Crippen LogP contribution is 2.15. The molecule has 0 spiro atoms. The van der Waals surface area contributed by atoms with Crippen LogP contribution in [0.1, 0.15) is 5.69 Å². The molecule has 0 saturated carbocycles. The molecule has 0 bridgehead atoms. The van der Waals surface area contributed by atoms with Gasteiger partial charge in [-0.25, -0.2) is 4.52 Å². The molecule has 0 aliphatic heterocycles. The zero-order chi connectivity index (χ0) is 10.4. The van der Waals surface area contributed by atoms with E-state index < -0.39 is 0 Å². The van der Waals surface area contributed by atoms with Crippen LogP contribution in [0.5, 0.6) is 0 Å². The van der Waals surface area contributed by atoms with E-state index in [0.717, 1.165) is 16.6 Å². The zero-order valence-electron chi connectivity index (χ0n) is 8.06. The van der Waals surface area contributed by atoms with E-state index in [-0.39, 0.29) is 5.56 Å². The predicted molar refractivity (Wildman–Crippen MR) is 55.9 cm³/mol. The van der Waals surface area contributed by atoms with Gasteiger partial charge in [-0.05, 0) is 25.1 Å². The fraction of sp³-hybridized carbons (Fsp3) is 0.100. The number of nitrogens with zero attached hydrogens (tertiary/aromatic N) is 3. The van der Waals surface area contributed by atoms with Crippen LogP contribution in [-0.2, 0) is 0 Å². The second-order valence-corrected chi connectivity index (χ2v) is 3.48. The number of nitrogens with one attached hydrogen (secondary N) is 1. The third kappa shape index (κ3) is 1.13. The Morgan fingerprint density at radius 3 is 3.00 bits per heavy atom. The van der Waals surface area contributed by atoms with E-state index in [4.69, 9.17) is 0 Å². The molecule has 0 aromatic carbocycles. The molecule has 0 atom stereocenters. The van der Waals surface area contributed by atoms with Crippen LogP contribution in [0, 0.1) is 6.92 Å². The monoisotopic (exact) mass is 200 g/mol. The van der Waals surface area contributed by atoms with Crippen molar-refractivity contribution < 1.29 is 0 Å². The van der Waals surface area contributed by atoms with Gasteiger partial charge in [0.05, 0.1) is 11.2 Å². The van der Waals surface area contributed by atoms with E-state index in [2.05, 4.69) is 15.3 Å². The van der Waals surface area contributed by atoms with E-state index >= 15 is 0 Å². The summed E-state index contributed by atoms with van der Waals surface area (Å²) in [6, 6.07) is 7.16. The Balaban J connectivity index is 2.58. The number of aryl methyl sites for hydroxylation is 1. The fourth-order valence-electron chi connectivity index (χ4n) is 1.68. The first kappa shape index (κ1) is 8.16. The van der Waals surface area contributed by atoms with Gasteiger partial charge in [0.25, 0.3) is 5.56 Å². The van der Waals surface area contributed by atoms with Gasteiger partial charge in [0, 0.05) is 11.5 Å². The van der Waals surface area contributed by atoms with Gasteiger partial charge in [0.1, 0.15) is 0 Å². The van der Waals surface area contributed by atoms with Crippen LogP contribution in [-0.4, -0.2) is 19.8 Å². The molecule has 0 saturated heterocycles. The second kappa shape index (κ2) is 2.66. The van der Waals surface area contributed by atoms with Gasteiger partial charge >= 0.3 is 0 Å². The van der Waals surface area contributed by atoms with Gasteiger partial charge in [0.15, 0.2) is 5.65 Å². The van der Waals surface area contributed by atoms with Crippen LogP contribution in [0.2, 0.25) is 0 Å². The van der Waals surface area contributed by atoms with Crippen molar-refractivity contribution in [3.63, 3.8) is 0 Å². The minimum Gasteiger partial charge on any atom is -0.268 e. The first-order valence-corrected chi connectivity index (χ1v) is 4.59. The molecule has 1 N–H and O–H groups in total. The molecule has 0 radical (unpaired) electrons. The minimum atomic E-state index is -0.151. The molecule has 0 fully saturated rings. The second-order valence-electron chi connectivity index (χ2n) is 3.48. The lowest BCUT2D eigenvalue weighted by Gasteiger charge is -1.94. The van der Waals surface area contributed by atoms with Crippen molar-refractivity contribution in [1.29, 1.82) is 0 Å². The van der Waals surface area contributed by atoms with Gasteiger partial charge in [-0.1, -0.05) is 0 Å². The first-order chi connectivity index (χ1) is 7.24. The fourth-order valence-corrected chi connectivity index (χ4v) is 1.68. The summed E-state index contributed by atoms with van der Waals surface area (Å²) in [5, 5.41) is 11.7. The highest BCUT2D eigenvalue weighted by Gasteiger charge is 2.04. The average molecular weight is 200 g/mol. The van der Waals surface area contributed by atoms with Crippen LogP contribution in [0.4, 0.5) is 0 Å². The molecule has 0 amide bonds. The molecule has 0 aliphatic rings. The number of aromatic amines is 1. The average Bonchev–Trinajstić information content (AvgIpc) is 2.54. The normalized spacial score (nSPS) is 11.3. The van der Waals surface area contributed by atoms with E-state index in [1.165, 1.54) is 6.07 Å². The summed E-state index contributed by atoms with van der Waals surface area (Å²) in [5.41, 5.74) is 2.29. The Kier molecular flexibility index (Phi) is 1.45. The van der Waals surface area contributed by atoms with Crippen molar-refractivity contribution >= 4 is 16.6 Å². The topological polar surface area (TPSA) is 63.0 Å². The minimum absolute atomic E-state index is 0.151. The van der Waals surface area contributed by atoms with Crippen LogP contribution >= 0.6 is 0 Å². The van der Waals surface area contributed by atoms with Crippen LogP contribution in [0.15, 0.2) is 29.1 Å². The number of hydrogen-bond acceptors (Lipinski definition) is 3. The Hall–Kier alpha value is -2.17. The summed E-state index contributed by atoms with van der Waals surface area (Å²) in [6.45, 7) is 1.89. The standard InChI is InChI=1S/C10H8N4O/c1-6-4-7-5-8-2-3-9(15)13-14(8)10(7)12-11-6/h2-5H,1H3,(H,13,15). The van der Waals surface area contributed by atoms with Gasteiger partial charge in [0.2, 0.25) is 0 Å². The van der Waals surface area contributed by atoms with Crippen LogP contribution in [0.3, 0.4) is 0 Å². The van der Waals surface area contributed by atoms with E-state index in [0.29, 0.717) is 5.65 Å². The van der Waals surface area contributed by atoms with Gasteiger partial charge in [-0.15, -0.1) is 5.10 Å². The van der Waals surface area contributed by atoms with Crippen LogP contribution < -0.4 is 5.56 Å². The Morgan fingerprint density at radius 2 is 2.13 bits per heavy atom. The number of hydrogen-bond donors (Lipinski definition) is 1. The summed E-state index contributed by atoms with van der Waals surface area (Å²) in [5.74, 6) is 0. The van der Waals surface area contributed by atoms with Gasteiger partial charge in [-0.2, -0.15) is 5.10 Å². The maximum absolute atomic E-state index is 11.2. The third-order valence-corrected chi connectivity index (χ3v) is 2.33. The summed E-state index contributed by atoms with van der Waals surface area (Å²) in [4.78, 5) is 11.2. The summed E-state index contributed by atoms with van der Waals surface area (Å²) >= 11 is 0. The lowest BCUT2D eigenvalue weighted by atomic mass is 10.3. The summed E-state index contributed by atoms with van der Waals surface area (Å²) in [6.07, 6.45) is 0. The molecule has 15 heavy (non-hydrogen) atoms. The summed E-state index contributed by atoms with van der Waals surface area (Å²) < 4.78 is 1.64. The molecule has 0 aliphatic carbocycles. The lowest BCUT2D eigenvalue weighted by Crippen LogP contribution is -2.09. The highest BCUT2D eigenvalue weighted by atomic mass is 16.1. The third-order valence-electron chi connectivity index (χ3n) is 2.33. The molecule has 5 heteroatoms. The van der Waals surface area contributed by atoms with Crippen LogP contribution in [0.25, 0.3) is 16.6 Å². The van der Waals surface area contributed by atoms with Crippen molar-refractivity contribution in [3.05, 3.63) is 40.3 Å². The molecule has 3 heterocycles. The molecule has 3 aromatic heterocycles. The van der Waals surface area contributed by atoms with Crippen molar-refractivity contribution in [3.8, 4) is 0 Å².